The van der Waals surface area contributed by atoms with Gasteiger partial charge in [-0.3, -0.25) is 9.59 Å². The highest BCUT2D eigenvalue weighted by atomic mass is 16.5. The van der Waals surface area contributed by atoms with E-state index in [0.717, 1.165) is 5.56 Å². The quantitative estimate of drug-likeness (QED) is 0.605. The third kappa shape index (κ3) is 3.88. The lowest BCUT2D eigenvalue weighted by atomic mass is 10.0. The molecule has 0 unspecified atom stereocenters. The number of hydrogen-bond acceptors (Lipinski definition) is 5. The minimum Gasteiger partial charge on any atom is -0.497 e. The topological polar surface area (TPSA) is 67.9 Å². The van der Waals surface area contributed by atoms with Gasteiger partial charge < -0.3 is 14.8 Å². The normalized spacial score (nSPS) is 13.6. The molecule has 0 spiro atoms. The van der Waals surface area contributed by atoms with E-state index in [-0.39, 0.29) is 11.6 Å². The molecule has 1 heterocycles. The first-order valence-corrected chi connectivity index (χ1v) is 9.77. The van der Waals surface area contributed by atoms with E-state index in [9.17, 15) is 9.59 Å². The summed E-state index contributed by atoms with van der Waals surface area (Å²) >= 11 is 0. The van der Waals surface area contributed by atoms with E-state index >= 15 is 0 Å². The number of ether oxygens (including phenoxy) is 2. The molecule has 0 radical (unpaired) electrons. The first-order valence-electron chi connectivity index (χ1n) is 9.77. The Kier molecular flexibility index (Phi) is 5.45. The fourth-order valence-corrected chi connectivity index (χ4v) is 3.52. The Morgan fingerprint density at radius 3 is 2.16 bits per heavy atom. The highest BCUT2D eigenvalue weighted by molar-refractivity contribution is 6.46. The zero-order valence-electron chi connectivity index (χ0n) is 17.5. The predicted molar refractivity (Wildman–Crippen MR) is 120 cm³/mol. The van der Waals surface area contributed by atoms with Gasteiger partial charge in [-0.05, 0) is 54.4 Å². The van der Waals surface area contributed by atoms with E-state index in [1.165, 1.54) is 4.90 Å². The number of imide groups is 1. The maximum Gasteiger partial charge on any atom is 0.282 e. The van der Waals surface area contributed by atoms with Crippen molar-refractivity contribution < 1.29 is 19.1 Å². The Hall–Kier alpha value is -4.06. The highest BCUT2D eigenvalue weighted by Gasteiger charge is 2.40. The number of nitrogens with zero attached hydrogens (tertiary/aromatic N) is 1. The summed E-state index contributed by atoms with van der Waals surface area (Å²) in [6, 6.07) is 21.6. The largest absolute Gasteiger partial charge is 0.497 e. The van der Waals surface area contributed by atoms with E-state index in [1.807, 2.05) is 43.3 Å². The van der Waals surface area contributed by atoms with E-state index in [1.54, 1.807) is 50.6 Å². The van der Waals surface area contributed by atoms with Crippen molar-refractivity contribution in [1.82, 2.24) is 0 Å². The molecule has 156 valence electrons. The fourth-order valence-electron chi connectivity index (χ4n) is 3.52. The van der Waals surface area contributed by atoms with E-state index in [4.69, 9.17) is 9.47 Å². The van der Waals surface area contributed by atoms with Crippen LogP contribution in [-0.4, -0.2) is 26.0 Å². The number of carbonyl (C=O) groups is 2. The predicted octanol–water partition coefficient (Wildman–Crippen LogP) is 4.41. The lowest BCUT2D eigenvalue weighted by Crippen LogP contribution is -2.32. The number of carbonyl (C=O) groups excluding carboxylic acids is 2. The molecule has 0 atom stereocenters. The maximum absolute atomic E-state index is 13.5. The molecule has 1 aliphatic heterocycles. The van der Waals surface area contributed by atoms with Crippen LogP contribution in [-0.2, 0) is 9.59 Å². The van der Waals surface area contributed by atoms with Crippen LogP contribution in [0.1, 0.15) is 11.1 Å². The zero-order valence-corrected chi connectivity index (χ0v) is 17.5. The zero-order chi connectivity index (χ0) is 22.0. The summed E-state index contributed by atoms with van der Waals surface area (Å²) in [5.41, 5.74) is 3.27. The molecule has 0 aromatic heterocycles. The molecule has 31 heavy (non-hydrogen) atoms. The van der Waals surface area contributed by atoms with Gasteiger partial charge in [-0.1, -0.05) is 30.3 Å². The van der Waals surface area contributed by atoms with Gasteiger partial charge in [-0.15, -0.1) is 0 Å². The summed E-state index contributed by atoms with van der Waals surface area (Å²) in [4.78, 5) is 28.1. The van der Waals surface area contributed by atoms with Crippen molar-refractivity contribution >= 4 is 28.8 Å². The van der Waals surface area contributed by atoms with Crippen LogP contribution in [0.5, 0.6) is 11.5 Å². The van der Waals surface area contributed by atoms with Crippen molar-refractivity contribution in [3.63, 3.8) is 0 Å². The SMILES string of the molecule is COc1ccc(C2=C(Nc3cccc(OC)c3)C(=O)N(c3cccc(C)c3)C2=O)cc1. The molecule has 3 aromatic carbocycles. The summed E-state index contributed by atoms with van der Waals surface area (Å²) in [6.45, 7) is 1.92. The second kappa shape index (κ2) is 8.36. The molecule has 0 aliphatic carbocycles. The number of anilines is 2. The minimum atomic E-state index is -0.413. The van der Waals surface area contributed by atoms with Gasteiger partial charge >= 0.3 is 0 Å². The van der Waals surface area contributed by atoms with E-state index in [0.29, 0.717) is 34.0 Å². The van der Waals surface area contributed by atoms with Crippen LogP contribution in [0, 0.1) is 6.92 Å². The molecule has 0 saturated heterocycles. The Bertz CT molecular complexity index is 1180. The molecule has 1 N–H and O–H groups in total. The smallest absolute Gasteiger partial charge is 0.282 e. The first-order chi connectivity index (χ1) is 15.0. The van der Waals surface area contributed by atoms with Crippen LogP contribution in [0.3, 0.4) is 0 Å². The van der Waals surface area contributed by atoms with E-state index in [2.05, 4.69) is 5.32 Å². The van der Waals surface area contributed by atoms with Crippen LogP contribution in [0.15, 0.2) is 78.5 Å². The lowest BCUT2D eigenvalue weighted by Gasteiger charge is -2.16. The number of hydrogen-bond donors (Lipinski definition) is 1. The summed E-state index contributed by atoms with van der Waals surface area (Å²) in [6.07, 6.45) is 0. The summed E-state index contributed by atoms with van der Waals surface area (Å²) < 4.78 is 10.5. The van der Waals surface area contributed by atoms with Gasteiger partial charge in [0.1, 0.15) is 17.2 Å². The second-order valence-electron chi connectivity index (χ2n) is 7.12. The Morgan fingerprint density at radius 2 is 1.48 bits per heavy atom. The van der Waals surface area contributed by atoms with Gasteiger partial charge in [0, 0.05) is 11.8 Å². The molecule has 3 aromatic rings. The Labute approximate surface area is 180 Å². The highest BCUT2D eigenvalue weighted by Crippen LogP contribution is 2.35. The van der Waals surface area contributed by atoms with Crippen LogP contribution in [0.2, 0.25) is 0 Å². The summed E-state index contributed by atoms with van der Waals surface area (Å²) in [7, 11) is 3.15. The number of aryl methyl sites for hydroxylation is 1. The van der Waals surface area contributed by atoms with Gasteiger partial charge in [0.2, 0.25) is 0 Å². The van der Waals surface area contributed by atoms with Crippen molar-refractivity contribution in [2.45, 2.75) is 6.92 Å². The Balaban J connectivity index is 1.81. The molecular formula is C25H22N2O4. The van der Waals surface area contributed by atoms with Gasteiger partial charge in [0.05, 0.1) is 25.5 Å². The van der Waals surface area contributed by atoms with Gasteiger partial charge in [0.15, 0.2) is 0 Å². The summed E-state index contributed by atoms with van der Waals surface area (Å²) in [5, 5.41) is 3.14. The van der Waals surface area contributed by atoms with Crippen molar-refractivity contribution in [1.29, 1.82) is 0 Å². The number of methoxy groups -OCH3 is 2. The third-order valence-electron chi connectivity index (χ3n) is 5.06. The maximum atomic E-state index is 13.5. The van der Waals surface area contributed by atoms with Crippen molar-refractivity contribution in [3.05, 3.63) is 89.6 Å². The average molecular weight is 414 g/mol. The molecule has 1 aliphatic rings. The molecular weight excluding hydrogens is 392 g/mol. The lowest BCUT2D eigenvalue weighted by molar-refractivity contribution is -0.120. The van der Waals surface area contributed by atoms with Crippen LogP contribution in [0.4, 0.5) is 11.4 Å². The second-order valence-corrected chi connectivity index (χ2v) is 7.12. The van der Waals surface area contributed by atoms with Crippen LogP contribution >= 0.6 is 0 Å². The monoisotopic (exact) mass is 414 g/mol. The molecule has 0 fully saturated rings. The van der Waals surface area contributed by atoms with Crippen molar-refractivity contribution in [2.24, 2.45) is 0 Å². The minimum absolute atomic E-state index is 0.213. The standard InChI is InChI=1S/C25H22N2O4/c1-16-6-4-8-19(14-16)27-24(28)22(17-10-12-20(30-2)13-11-17)23(25(27)29)26-18-7-5-9-21(15-18)31-3/h4-15,26H,1-3H3. The first kappa shape index (κ1) is 20.2. The number of benzene rings is 3. The van der Waals surface area contributed by atoms with Crippen LogP contribution < -0.4 is 19.7 Å². The van der Waals surface area contributed by atoms with Crippen molar-refractivity contribution in [2.75, 3.05) is 24.4 Å². The molecule has 2 amide bonds. The number of amides is 2. The van der Waals surface area contributed by atoms with E-state index < -0.39 is 5.91 Å². The Morgan fingerprint density at radius 1 is 0.774 bits per heavy atom. The van der Waals surface area contributed by atoms with Crippen LogP contribution in [0.25, 0.3) is 5.57 Å². The number of rotatable bonds is 6. The van der Waals surface area contributed by atoms with Gasteiger partial charge in [-0.2, -0.15) is 0 Å². The molecule has 0 bridgehead atoms. The molecule has 4 rings (SSSR count). The molecule has 6 heteroatoms. The average Bonchev–Trinajstić information content (AvgIpc) is 3.03. The van der Waals surface area contributed by atoms with Crippen molar-refractivity contribution in [3.8, 4) is 11.5 Å². The summed E-state index contributed by atoms with van der Waals surface area (Å²) in [5.74, 6) is 0.512. The fraction of sp³-hybridized carbons (Fsp3) is 0.120. The van der Waals surface area contributed by atoms with Gasteiger partial charge in [0.25, 0.3) is 11.8 Å². The third-order valence-corrected chi connectivity index (χ3v) is 5.06. The van der Waals surface area contributed by atoms with Gasteiger partial charge in [-0.25, -0.2) is 4.90 Å². The molecule has 6 nitrogen and oxygen atoms in total. The molecule has 0 saturated carbocycles. The number of nitrogens with one attached hydrogen (secondary N) is 1.